The summed E-state index contributed by atoms with van der Waals surface area (Å²) < 4.78 is 14.1. The summed E-state index contributed by atoms with van der Waals surface area (Å²) in [6, 6.07) is 9.01. The van der Waals surface area contributed by atoms with E-state index in [1.165, 1.54) is 0 Å². The lowest BCUT2D eigenvalue weighted by atomic mass is 9.75. The van der Waals surface area contributed by atoms with E-state index in [0.29, 0.717) is 41.1 Å². The van der Waals surface area contributed by atoms with Crippen molar-refractivity contribution >= 4 is 23.2 Å². The minimum absolute atomic E-state index is 0.0319. The number of nitrogens with one attached hydrogen (secondary N) is 3. The molecule has 10 nitrogen and oxygen atoms in total. The fourth-order valence-corrected chi connectivity index (χ4v) is 7.00. The molecule has 10 heteroatoms. The fraction of sp³-hybridized carbons (Fsp3) is 0.647. The number of aromatic nitrogens is 4. The molecule has 2 aliphatic rings. The molecule has 1 aromatic carbocycles. The Morgan fingerprint density at radius 1 is 1.02 bits per heavy atom. The Hall–Kier alpha value is -3.24. The van der Waals surface area contributed by atoms with Gasteiger partial charge in [-0.25, -0.2) is 4.98 Å². The van der Waals surface area contributed by atoms with Crippen molar-refractivity contribution in [2.75, 3.05) is 12.0 Å². The quantitative estimate of drug-likeness (QED) is 0.187. The summed E-state index contributed by atoms with van der Waals surface area (Å²) in [5.41, 5.74) is 3.30. The molecule has 2 aliphatic carbocycles. The van der Waals surface area contributed by atoms with Gasteiger partial charge in [0.1, 0.15) is 6.10 Å². The lowest BCUT2D eigenvalue weighted by molar-refractivity contribution is -0.171. The number of ether oxygens (including phenoxy) is 2. The number of carbonyl (C=O) groups is 2. The molecule has 2 fully saturated rings. The average molecular weight is 607 g/mol. The van der Waals surface area contributed by atoms with Crippen molar-refractivity contribution in [3.8, 4) is 11.4 Å². The molecule has 2 saturated carbocycles. The molecule has 6 atom stereocenters. The first-order valence-electron chi connectivity index (χ1n) is 16.4. The molecule has 0 saturated heterocycles. The van der Waals surface area contributed by atoms with E-state index in [0.717, 1.165) is 49.0 Å². The lowest BCUT2D eigenvalue weighted by Crippen LogP contribution is -2.45. The van der Waals surface area contributed by atoms with Gasteiger partial charge >= 0.3 is 5.97 Å². The summed E-state index contributed by atoms with van der Waals surface area (Å²) in [5.74, 6) is 2.22. The molecule has 0 radical (unpaired) electrons. The number of amides is 1. The highest BCUT2D eigenvalue weighted by atomic mass is 16.6. The molecule has 0 aliphatic heterocycles. The molecule has 240 valence electrons. The third-order valence-electron chi connectivity index (χ3n) is 9.52. The van der Waals surface area contributed by atoms with Crippen molar-refractivity contribution in [2.24, 2.45) is 29.6 Å². The van der Waals surface area contributed by atoms with Crippen molar-refractivity contribution in [2.45, 2.75) is 105 Å². The SMILES string of the molecule is CC1CC(C)C(OC(=O)C2CCC(C)CC2OCNC(C)C(=O)Nc2cccc(-c3nc4cc(C(C)C)[nH]n4n3)c2)C(C)C1. The van der Waals surface area contributed by atoms with Crippen molar-refractivity contribution in [3.63, 3.8) is 0 Å². The van der Waals surface area contributed by atoms with Gasteiger partial charge in [0.2, 0.25) is 5.91 Å². The second-order valence-electron chi connectivity index (χ2n) is 13.9. The van der Waals surface area contributed by atoms with Gasteiger partial charge in [-0.3, -0.25) is 20.0 Å². The molecule has 2 heterocycles. The van der Waals surface area contributed by atoms with Crippen LogP contribution in [0.3, 0.4) is 0 Å². The summed E-state index contributed by atoms with van der Waals surface area (Å²) in [4.78, 5) is 31.0. The Kier molecular flexibility index (Phi) is 10.1. The van der Waals surface area contributed by atoms with Crippen molar-refractivity contribution < 1.29 is 19.1 Å². The molecule has 44 heavy (non-hydrogen) atoms. The van der Waals surface area contributed by atoms with E-state index in [2.05, 4.69) is 67.4 Å². The molecule has 3 aromatic rings. The number of aromatic amines is 1. The van der Waals surface area contributed by atoms with E-state index < -0.39 is 6.04 Å². The number of hydrogen-bond acceptors (Lipinski definition) is 7. The molecule has 0 bridgehead atoms. The highest BCUT2D eigenvalue weighted by molar-refractivity contribution is 5.95. The van der Waals surface area contributed by atoms with E-state index >= 15 is 0 Å². The zero-order valence-electron chi connectivity index (χ0n) is 27.3. The summed E-state index contributed by atoms with van der Waals surface area (Å²) in [6.45, 7) is 15.1. The monoisotopic (exact) mass is 606 g/mol. The van der Waals surface area contributed by atoms with Crippen LogP contribution in [0.4, 0.5) is 5.69 Å². The van der Waals surface area contributed by atoms with Crippen LogP contribution >= 0.6 is 0 Å². The van der Waals surface area contributed by atoms with Gasteiger partial charge in [0.15, 0.2) is 11.5 Å². The number of H-pyrrole nitrogens is 1. The first-order chi connectivity index (χ1) is 21.0. The first kappa shape index (κ1) is 32.2. The van der Waals surface area contributed by atoms with Gasteiger partial charge in [-0.1, -0.05) is 53.7 Å². The molecule has 5 rings (SSSR count). The Bertz CT molecular complexity index is 1390. The van der Waals surface area contributed by atoms with E-state index in [1.807, 2.05) is 30.3 Å². The molecular weight excluding hydrogens is 556 g/mol. The number of hydrogen-bond donors (Lipinski definition) is 3. The van der Waals surface area contributed by atoms with E-state index in [9.17, 15) is 9.59 Å². The summed E-state index contributed by atoms with van der Waals surface area (Å²) in [5, 5.41) is 14.0. The maximum Gasteiger partial charge on any atom is 0.311 e. The Morgan fingerprint density at radius 2 is 1.77 bits per heavy atom. The Morgan fingerprint density at radius 3 is 2.48 bits per heavy atom. The number of carbonyl (C=O) groups excluding carboxylic acids is 2. The van der Waals surface area contributed by atoms with Crippen LogP contribution in [-0.2, 0) is 19.1 Å². The minimum Gasteiger partial charge on any atom is -0.462 e. The van der Waals surface area contributed by atoms with Gasteiger partial charge in [-0.05, 0) is 80.8 Å². The van der Waals surface area contributed by atoms with E-state index in [4.69, 9.17) is 9.47 Å². The maximum atomic E-state index is 13.4. The zero-order chi connectivity index (χ0) is 31.5. The van der Waals surface area contributed by atoms with Crippen LogP contribution in [0.15, 0.2) is 30.3 Å². The Labute approximate surface area is 261 Å². The second-order valence-corrected chi connectivity index (χ2v) is 13.9. The van der Waals surface area contributed by atoms with Gasteiger partial charge in [0.25, 0.3) is 0 Å². The highest BCUT2D eigenvalue weighted by Crippen LogP contribution is 2.37. The predicted molar refractivity (Wildman–Crippen MR) is 171 cm³/mol. The van der Waals surface area contributed by atoms with Crippen LogP contribution in [0.5, 0.6) is 0 Å². The van der Waals surface area contributed by atoms with Crippen molar-refractivity contribution in [1.29, 1.82) is 0 Å². The van der Waals surface area contributed by atoms with E-state index in [1.54, 1.807) is 11.6 Å². The molecule has 2 aromatic heterocycles. The van der Waals surface area contributed by atoms with Crippen LogP contribution in [-0.4, -0.2) is 56.7 Å². The number of fused-ring (bicyclic) bond motifs is 1. The zero-order valence-corrected chi connectivity index (χ0v) is 27.3. The summed E-state index contributed by atoms with van der Waals surface area (Å²) in [7, 11) is 0. The van der Waals surface area contributed by atoms with Crippen LogP contribution in [0, 0.1) is 29.6 Å². The molecule has 0 spiro atoms. The number of rotatable bonds is 10. The number of benzene rings is 1. The average Bonchev–Trinajstić information content (AvgIpc) is 3.55. The number of esters is 1. The third-order valence-corrected chi connectivity index (χ3v) is 9.52. The number of anilines is 1. The van der Waals surface area contributed by atoms with Crippen molar-refractivity contribution in [3.05, 3.63) is 36.0 Å². The van der Waals surface area contributed by atoms with Gasteiger partial charge in [-0.2, -0.15) is 4.63 Å². The Balaban J connectivity index is 1.13. The molecule has 6 unspecified atom stereocenters. The maximum absolute atomic E-state index is 13.4. The van der Waals surface area contributed by atoms with Gasteiger partial charge in [0, 0.05) is 23.0 Å². The normalized spacial score (nSPS) is 28.2. The van der Waals surface area contributed by atoms with Gasteiger partial charge in [-0.15, -0.1) is 5.10 Å². The topological polar surface area (TPSA) is 123 Å². The van der Waals surface area contributed by atoms with E-state index in [-0.39, 0.29) is 36.7 Å². The lowest BCUT2D eigenvalue weighted by Gasteiger charge is -2.39. The third kappa shape index (κ3) is 7.51. The highest BCUT2D eigenvalue weighted by Gasteiger charge is 2.40. The fourth-order valence-electron chi connectivity index (χ4n) is 7.00. The van der Waals surface area contributed by atoms with Crippen LogP contribution in [0.2, 0.25) is 0 Å². The molecular formula is C34H50N6O4. The standard InChI is InChI=1S/C34H50N6O4/c1-19(2)28-17-30-37-32(39-40(30)38-28)25-9-8-10-26(16-25)36-33(41)24(7)35-18-43-29-15-20(3)11-12-27(29)34(42)44-31-22(5)13-21(4)14-23(31)6/h8-10,16-17,19-24,27,29,31,35,38H,11-15,18H2,1-7H3,(H,36,41). The summed E-state index contributed by atoms with van der Waals surface area (Å²) >= 11 is 0. The minimum atomic E-state index is -0.505. The van der Waals surface area contributed by atoms with Gasteiger partial charge < -0.3 is 14.8 Å². The molecule has 1 amide bonds. The number of nitrogens with zero attached hydrogens (tertiary/aromatic N) is 3. The second kappa shape index (κ2) is 13.8. The van der Waals surface area contributed by atoms with Gasteiger partial charge in [0.05, 0.1) is 24.8 Å². The summed E-state index contributed by atoms with van der Waals surface area (Å²) in [6.07, 6.45) is 4.48. The predicted octanol–water partition coefficient (Wildman–Crippen LogP) is 6.16. The van der Waals surface area contributed by atoms with Crippen LogP contribution < -0.4 is 10.6 Å². The smallest absolute Gasteiger partial charge is 0.311 e. The first-order valence-corrected chi connectivity index (χ1v) is 16.4. The van der Waals surface area contributed by atoms with Crippen molar-refractivity contribution in [1.82, 2.24) is 25.1 Å². The van der Waals surface area contributed by atoms with Crippen LogP contribution in [0.25, 0.3) is 17.0 Å². The molecule has 3 N–H and O–H groups in total. The largest absolute Gasteiger partial charge is 0.462 e. The van der Waals surface area contributed by atoms with Crippen LogP contribution in [0.1, 0.15) is 92.2 Å².